The van der Waals surface area contributed by atoms with Crippen LogP contribution in [0.15, 0.2) is 24.3 Å². The van der Waals surface area contributed by atoms with Gasteiger partial charge >= 0.3 is 11.9 Å². The molecule has 0 amide bonds. The van der Waals surface area contributed by atoms with Gasteiger partial charge in [-0.15, -0.1) is 0 Å². The molecule has 0 radical (unpaired) electrons. The summed E-state index contributed by atoms with van der Waals surface area (Å²) in [5.74, 6) is -0.366. The number of methoxy groups -OCH3 is 3. The Morgan fingerprint density at radius 3 is 2.05 bits per heavy atom. The molecule has 0 spiro atoms. The molecule has 0 aliphatic carbocycles. The minimum Gasteiger partial charge on any atom is -0.497 e. The molecular weight excluding hydrogens is 272 g/mol. The van der Waals surface area contributed by atoms with Crippen LogP contribution in [0.4, 0.5) is 0 Å². The van der Waals surface area contributed by atoms with Gasteiger partial charge in [0.05, 0.1) is 33.2 Å². The predicted octanol–water partition coefficient (Wildman–Crippen LogP) is 2.54. The van der Waals surface area contributed by atoms with Crippen LogP contribution in [0.3, 0.4) is 0 Å². The molecule has 1 rings (SSSR count). The molecule has 0 aliphatic rings. The van der Waals surface area contributed by atoms with Crippen LogP contribution < -0.4 is 4.74 Å². The number of carbonyl (C=O) groups is 2. The van der Waals surface area contributed by atoms with Crippen molar-refractivity contribution in [3.63, 3.8) is 0 Å². The maximum Gasteiger partial charge on any atom is 0.311 e. The quantitative estimate of drug-likeness (QED) is 0.754. The first-order valence-electron chi connectivity index (χ1n) is 6.66. The van der Waals surface area contributed by atoms with Gasteiger partial charge in [0.15, 0.2) is 0 Å². The average Bonchev–Trinajstić information content (AvgIpc) is 2.51. The normalized spacial score (nSPS) is 12.4. The number of hydrogen-bond acceptors (Lipinski definition) is 5. The number of ether oxygens (including phenoxy) is 3. The number of hydrogen-bond donors (Lipinski definition) is 0. The van der Waals surface area contributed by atoms with Crippen molar-refractivity contribution in [2.45, 2.75) is 26.2 Å². The van der Waals surface area contributed by atoms with Gasteiger partial charge in [0, 0.05) is 5.92 Å². The molecule has 0 bridgehead atoms. The summed E-state index contributed by atoms with van der Waals surface area (Å²) in [6.45, 7) is 3.52. The second-order valence-corrected chi connectivity index (χ2v) is 5.32. The minimum atomic E-state index is -0.850. The summed E-state index contributed by atoms with van der Waals surface area (Å²) in [6, 6.07) is 7.29. The Morgan fingerprint density at radius 2 is 1.62 bits per heavy atom. The average molecular weight is 294 g/mol. The van der Waals surface area contributed by atoms with E-state index in [1.807, 2.05) is 12.1 Å². The molecular formula is C16H22O5. The highest BCUT2D eigenvalue weighted by atomic mass is 16.5. The zero-order valence-electron chi connectivity index (χ0n) is 13.1. The highest BCUT2D eigenvalue weighted by Crippen LogP contribution is 2.40. The second-order valence-electron chi connectivity index (χ2n) is 5.32. The third-order valence-electron chi connectivity index (χ3n) is 3.70. The fraction of sp³-hybridized carbons (Fsp3) is 0.500. The zero-order chi connectivity index (χ0) is 16.0. The van der Waals surface area contributed by atoms with Crippen LogP contribution in [0, 0.1) is 5.41 Å². The van der Waals surface area contributed by atoms with E-state index in [-0.39, 0.29) is 24.3 Å². The summed E-state index contributed by atoms with van der Waals surface area (Å²) in [5, 5.41) is 0. The lowest BCUT2D eigenvalue weighted by atomic mass is 9.73. The number of esters is 2. The van der Waals surface area contributed by atoms with Crippen LogP contribution >= 0.6 is 0 Å². The molecule has 0 saturated heterocycles. The molecule has 0 aliphatic heterocycles. The van der Waals surface area contributed by atoms with Crippen molar-refractivity contribution < 1.29 is 23.8 Å². The molecule has 5 heteroatoms. The Balaban J connectivity index is 3.17. The lowest BCUT2D eigenvalue weighted by Crippen LogP contribution is -2.34. The van der Waals surface area contributed by atoms with Crippen LogP contribution in [-0.2, 0) is 19.1 Å². The first-order chi connectivity index (χ1) is 9.86. The van der Waals surface area contributed by atoms with Gasteiger partial charge < -0.3 is 14.2 Å². The number of carbonyl (C=O) groups excluding carboxylic acids is 2. The topological polar surface area (TPSA) is 61.8 Å². The summed E-state index contributed by atoms with van der Waals surface area (Å²) in [7, 11) is 4.26. The van der Waals surface area contributed by atoms with Crippen LogP contribution in [0.1, 0.15) is 31.7 Å². The zero-order valence-corrected chi connectivity index (χ0v) is 13.1. The number of rotatable bonds is 6. The Kier molecular flexibility index (Phi) is 5.76. The smallest absolute Gasteiger partial charge is 0.311 e. The monoisotopic (exact) mass is 294 g/mol. The van der Waals surface area contributed by atoms with Crippen LogP contribution in [0.25, 0.3) is 0 Å². The van der Waals surface area contributed by atoms with Crippen LogP contribution in [0.2, 0.25) is 0 Å². The molecule has 0 unspecified atom stereocenters. The van der Waals surface area contributed by atoms with Gasteiger partial charge in [0.25, 0.3) is 0 Å². The van der Waals surface area contributed by atoms with Crippen molar-refractivity contribution in [1.29, 1.82) is 0 Å². The van der Waals surface area contributed by atoms with E-state index in [0.717, 1.165) is 5.56 Å². The molecule has 0 N–H and O–H groups in total. The molecule has 0 fully saturated rings. The highest BCUT2D eigenvalue weighted by molar-refractivity contribution is 5.79. The van der Waals surface area contributed by atoms with Gasteiger partial charge in [0.2, 0.25) is 0 Å². The van der Waals surface area contributed by atoms with E-state index in [2.05, 4.69) is 0 Å². The van der Waals surface area contributed by atoms with E-state index in [4.69, 9.17) is 14.2 Å². The van der Waals surface area contributed by atoms with Gasteiger partial charge in [-0.05, 0) is 31.5 Å². The van der Waals surface area contributed by atoms with E-state index < -0.39 is 5.41 Å². The minimum absolute atomic E-state index is 0.102. The maximum absolute atomic E-state index is 12.0. The lowest BCUT2D eigenvalue weighted by molar-refractivity contribution is -0.153. The first-order valence-corrected chi connectivity index (χ1v) is 6.66. The maximum atomic E-state index is 12.0. The first kappa shape index (κ1) is 17.0. The molecule has 1 aromatic carbocycles. The Hall–Kier alpha value is -2.04. The van der Waals surface area contributed by atoms with Crippen LogP contribution in [0.5, 0.6) is 5.75 Å². The summed E-state index contributed by atoms with van der Waals surface area (Å²) >= 11 is 0. The fourth-order valence-corrected chi connectivity index (χ4v) is 2.28. The predicted molar refractivity (Wildman–Crippen MR) is 78.2 cm³/mol. The van der Waals surface area contributed by atoms with Gasteiger partial charge in [-0.1, -0.05) is 12.1 Å². The Labute approximate surface area is 125 Å². The van der Waals surface area contributed by atoms with Crippen molar-refractivity contribution in [2.75, 3.05) is 21.3 Å². The molecule has 0 aromatic heterocycles. The third-order valence-corrected chi connectivity index (χ3v) is 3.70. The van der Waals surface area contributed by atoms with Gasteiger partial charge in [-0.25, -0.2) is 0 Å². The van der Waals surface area contributed by atoms with E-state index in [1.54, 1.807) is 33.1 Å². The molecule has 116 valence electrons. The molecule has 1 aromatic rings. The number of benzene rings is 1. The molecule has 1 atom stereocenters. The fourth-order valence-electron chi connectivity index (χ4n) is 2.28. The lowest BCUT2D eigenvalue weighted by Gasteiger charge is -2.31. The highest BCUT2D eigenvalue weighted by Gasteiger charge is 2.40. The van der Waals surface area contributed by atoms with E-state index in [9.17, 15) is 9.59 Å². The molecule has 5 nitrogen and oxygen atoms in total. The van der Waals surface area contributed by atoms with Gasteiger partial charge in [-0.3, -0.25) is 9.59 Å². The van der Waals surface area contributed by atoms with Gasteiger partial charge in [0.1, 0.15) is 5.75 Å². The van der Waals surface area contributed by atoms with Crippen molar-refractivity contribution in [3.8, 4) is 5.75 Å². The van der Waals surface area contributed by atoms with Crippen molar-refractivity contribution in [2.24, 2.45) is 5.41 Å². The summed E-state index contributed by atoms with van der Waals surface area (Å²) < 4.78 is 14.7. The van der Waals surface area contributed by atoms with Crippen molar-refractivity contribution in [3.05, 3.63) is 29.8 Å². The Morgan fingerprint density at radius 1 is 1.05 bits per heavy atom. The summed E-state index contributed by atoms with van der Waals surface area (Å²) in [5.41, 5.74) is 0.00829. The summed E-state index contributed by atoms with van der Waals surface area (Å²) in [6.07, 6.45) is 0.102. The second kappa shape index (κ2) is 7.11. The van der Waals surface area contributed by atoms with Gasteiger partial charge in [-0.2, -0.15) is 0 Å². The van der Waals surface area contributed by atoms with Crippen molar-refractivity contribution in [1.82, 2.24) is 0 Å². The van der Waals surface area contributed by atoms with E-state index in [1.165, 1.54) is 14.2 Å². The third kappa shape index (κ3) is 3.97. The Bertz CT molecular complexity index is 490. The molecule has 0 heterocycles. The molecule has 21 heavy (non-hydrogen) atoms. The standard InChI is InChI=1S/C16H22O5/c1-16(2,15(18)21-5)13(10-14(17)20-4)11-6-8-12(19-3)9-7-11/h6-9,13H,10H2,1-5H3/t13-/m0/s1. The van der Waals surface area contributed by atoms with E-state index >= 15 is 0 Å². The largest absolute Gasteiger partial charge is 0.497 e. The SMILES string of the molecule is COC(=O)C[C@@H](c1ccc(OC)cc1)C(C)(C)C(=O)OC. The summed E-state index contributed by atoms with van der Waals surface area (Å²) in [4.78, 5) is 23.7. The van der Waals surface area contributed by atoms with Crippen molar-refractivity contribution >= 4 is 11.9 Å². The molecule has 0 saturated carbocycles. The van der Waals surface area contributed by atoms with Crippen LogP contribution in [-0.4, -0.2) is 33.3 Å². The van der Waals surface area contributed by atoms with E-state index in [0.29, 0.717) is 5.75 Å².